The Morgan fingerprint density at radius 3 is 2.31 bits per heavy atom. The topological polar surface area (TPSA) is 87.7 Å². The van der Waals surface area contributed by atoms with Gasteiger partial charge in [0.15, 0.2) is 0 Å². The second kappa shape index (κ2) is 12.4. The molecule has 7 nitrogen and oxygen atoms in total. The highest BCUT2D eigenvalue weighted by Crippen LogP contribution is 2.42. The molecule has 1 fully saturated rings. The number of terminal acetylenes is 1. The summed E-state index contributed by atoms with van der Waals surface area (Å²) in [5.41, 5.74) is 1.94. The second-order valence-electron chi connectivity index (χ2n) is 11.5. The number of nitrogens with one attached hydrogen (secondary N) is 2. The van der Waals surface area contributed by atoms with Crippen LogP contribution in [0.2, 0.25) is 0 Å². The Bertz CT molecular complexity index is 1240. The maximum Gasteiger partial charge on any atom is 0.408 e. The van der Waals surface area contributed by atoms with Crippen LogP contribution < -0.4 is 10.6 Å². The van der Waals surface area contributed by atoms with E-state index >= 15 is 0 Å². The lowest BCUT2D eigenvalue weighted by Crippen LogP contribution is -2.55. The van der Waals surface area contributed by atoms with Crippen LogP contribution >= 0.6 is 0 Å². The average molecular weight is 532 g/mol. The van der Waals surface area contributed by atoms with Crippen molar-refractivity contribution in [3.63, 3.8) is 0 Å². The van der Waals surface area contributed by atoms with Crippen LogP contribution in [0.5, 0.6) is 0 Å². The number of alkyl carbamates (subject to hydrolysis) is 1. The molecule has 2 aromatic rings. The van der Waals surface area contributed by atoms with Gasteiger partial charge < -0.3 is 20.3 Å². The van der Waals surface area contributed by atoms with E-state index in [9.17, 15) is 14.4 Å². The van der Waals surface area contributed by atoms with Gasteiger partial charge in [0.25, 0.3) is 5.91 Å². The first kappa shape index (κ1) is 29.8. The summed E-state index contributed by atoms with van der Waals surface area (Å²) in [5.74, 6) is 1.98. The Morgan fingerprint density at radius 1 is 1.13 bits per heavy atom. The minimum Gasteiger partial charge on any atom is -0.444 e. The molecule has 39 heavy (non-hydrogen) atoms. The molecule has 1 aliphatic rings. The van der Waals surface area contributed by atoms with Crippen LogP contribution in [0.25, 0.3) is 0 Å². The predicted octanol–water partition coefficient (Wildman–Crippen LogP) is 5.83. The molecule has 1 aliphatic carbocycles. The highest BCUT2D eigenvalue weighted by molar-refractivity contribution is 6.00. The van der Waals surface area contributed by atoms with Crippen molar-refractivity contribution in [1.29, 1.82) is 0 Å². The van der Waals surface area contributed by atoms with Gasteiger partial charge in [-0.25, -0.2) is 4.79 Å². The maximum atomic E-state index is 14.4. The van der Waals surface area contributed by atoms with Crippen molar-refractivity contribution in [3.05, 3.63) is 65.2 Å². The van der Waals surface area contributed by atoms with Gasteiger partial charge in [-0.3, -0.25) is 9.59 Å². The van der Waals surface area contributed by atoms with E-state index in [4.69, 9.17) is 11.2 Å². The summed E-state index contributed by atoms with van der Waals surface area (Å²) in [5, 5.41) is 5.84. The average Bonchev–Trinajstić information content (AvgIpc) is 3.60. The number of aryl methyl sites for hydroxylation is 1. The lowest BCUT2D eigenvalue weighted by molar-refractivity contribution is -0.142. The predicted molar refractivity (Wildman–Crippen MR) is 154 cm³/mol. The normalized spacial score (nSPS) is 18.6. The third-order valence-corrected chi connectivity index (χ3v) is 7.17. The van der Waals surface area contributed by atoms with Gasteiger partial charge in [-0.15, -0.1) is 6.42 Å². The molecule has 3 rings (SSSR count). The fourth-order valence-electron chi connectivity index (χ4n) is 4.65. The highest BCUT2D eigenvalue weighted by Gasteiger charge is 2.49. The maximum absolute atomic E-state index is 14.4. The number of amides is 3. The zero-order valence-corrected chi connectivity index (χ0v) is 24.1. The molecule has 0 bridgehead atoms. The SMILES string of the molecule is C#Cc1ccccc1C(C(=O)Nc1ccccc1C)N(C(=O)C(NC(=O)OC(C)(C)C)C(C)CC)C1CC1C. The van der Waals surface area contributed by atoms with Crippen LogP contribution in [-0.2, 0) is 14.3 Å². The smallest absolute Gasteiger partial charge is 0.408 e. The first-order valence-electron chi connectivity index (χ1n) is 13.6. The summed E-state index contributed by atoms with van der Waals surface area (Å²) < 4.78 is 5.48. The van der Waals surface area contributed by atoms with E-state index in [-0.39, 0.29) is 29.7 Å². The number of anilines is 1. The standard InChI is InChI=1S/C32H41N3O4/c1-9-20(3)27(34-31(38)39-32(6,7)8)30(37)35(26-19-22(26)5)28(24-17-13-12-16-23(24)10-2)29(36)33-25-18-14-11-15-21(25)4/h2,11-18,20,22,26-28H,9,19H2,1,3-8H3,(H,33,36)(H,34,38). The van der Waals surface area contributed by atoms with Crippen LogP contribution in [0.4, 0.5) is 10.5 Å². The van der Waals surface area contributed by atoms with Gasteiger partial charge in [0.2, 0.25) is 5.91 Å². The third-order valence-electron chi connectivity index (χ3n) is 7.17. The van der Waals surface area contributed by atoms with Crippen LogP contribution in [0.1, 0.15) is 77.1 Å². The molecular formula is C32H41N3O4. The molecule has 5 atom stereocenters. The minimum atomic E-state index is -0.994. The minimum absolute atomic E-state index is 0.178. The quantitative estimate of drug-likeness (QED) is 0.399. The van der Waals surface area contributed by atoms with Gasteiger partial charge in [0.1, 0.15) is 17.7 Å². The fraction of sp³-hybridized carbons (Fsp3) is 0.469. The number of hydrogen-bond acceptors (Lipinski definition) is 4. The summed E-state index contributed by atoms with van der Waals surface area (Å²) in [6, 6.07) is 12.6. The molecule has 0 aromatic heterocycles. The number of carbonyl (C=O) groups is 3. The van der Waals surface area contributed by atoms with E-state index in [0.29, 0.717) is 23.2 Å². The second-order valence-corrected chi connectivity index (χ2v) is 11.5. The summed E-state index contributed by atoms with van der Waals surface area (Å²) in [7, 11) is 0. The number of para-hydroxylation sites is 1. The van der Waals surface area contributed by atoms with Crippen LogP contribution in [-0.4, -0.2) is 40.5 Å². The van der Waals surface area contributed by atoms with Crippen molar-refractivity contribution in [2.75, 3.05) is 5.32 Å². The van der Waals surface area contributed by atoms with E-state index < -0.39 is 23.8 Å². The number of rotatable bonds is 9. The Kier molecular flexibility index (Phi) is 9.45. The van der Waals surface area contributed by atoms with Gasteiger partial charge in [0.05, 0.1) is 0 Å². The molecule has 0 radical (unpaired) electrons. The Labute approximate surface area is 232 Å². The first-order valence-corrected chi connectivity index (χ1v) is 13.6. The summed E-state index contributed by atoms with van der Waals surface area (Å²) in [6.07, 6.45) is 6.57. The van der Waals surface area contributed by atoms with Crippen molar-refractivity contribution in [2.24, 2.45) is 11.8 Å². The van der Waals surface area contributed by atoms with Crippen molar-refractivity contribution in [1.82, 2.24) is 10.2 Å². The van der Waals surface area contributed by atoms with Gasteiger partial charge in [0, 0.05) is 17.3 Å². The van der Waals surface area contributed by atoms with Gasteiger partial charge in [-0.2, -0.15) is 0 Å². The zero-order valence-electron chi connectivity index (χ0n) is 24.1. The summed E-state index contributed by atoms with van der Waals surface area (Å²) in [6.45, 7) is 13.1. The molecule has 7 heteroatoms. The van der Waals surface area contributed by atoms with Crippen molar-refractivity contribution in [3.8, 4) is 12.3 Å². The molecule has 0 aliphatic heterocycles. The molecule has 2 N–H and O–H groups in total. The molecular weight excluding hydrogens is 490 g/mol. The lowest BCUT2D eigenvalue weighted by atomic mass is 9.93. The Balaban J connectivity index is 2.10. The summed E-state index contributed by atoms with van der Waals surface area (Å²) >= 11 is 0. The van der Waals surface area contributed by atoms with Crippen LogP contribution in [0.3, 0.4) is 0 Å². The lowest BCUT2D eigenvalue weighted by Gasteiger charge is -2.37. The van der Waals surface area contributed by atoms with E-state index in [1.165, 1.54) is 0 Å². The van der Waals surface area contributed by atoms with Crippen molar-refractivity contribution >= 4 is 23.6 Å². The van der Waals surface area contributed by atoms with Gasteiger partial charge >= 0.3 is 6.09 Å². The van der Waals surface area contributed by atoms with E-state index in [1.807, 2.05) is 64.1 Å². The molecule has 0 heterocycles. The molecule has 208 valence electrons. The fourth-order valence-corrected chi connectivity index (χ4v) is 4.65. The largest absolute Gasteiger partial charge is 0.444 e. The van der Waals surface area contributed by atoms with Crippen molar-refractivity contribution < 1.29 is 19.1 Å². The molecule has 5 unspecified atom stereocenters. The molecule has 1 saturated carbocycles. The van der Waals surface area contributed by atoms with Crippen LogP contribution in [0.15, 0.2) is 48.5 Å². The number of benzene rings is 2. The Hall–Kier alpha value is -3.79. The zero-order chi connectivity index (χ0) is 28.9. The first-order chi connectivity index (χ1) is 18.4. The summed E-state index contributed by atoms with van der Waals surface area (Å²) in [4.78, 5) is 43.0. The van der Waals surface area contributed by atoms with Gasteiger partial charge in [-0.05, 0) is 69.2 Å². The number of ether oxygens (including phenoxy) is 1. The molecule has 0 saturated heterocycles. The third kappa shape index (κ3) is 7.41. The Morgan fingerprint density at radius 2 is 1.74 bits per heavy atom. The van der Waals surface area contributed by atoms with Crippen molar-refractivity contribution in [2.45, 2.75) is 85.0 Å². The molecule has 3 amide bonds. The number of nitrogens with zero attached hydrogens (tertiary/aromatic N) is 1. The van der Waals surface area contributed by atoms with E-state index in [2.05, 4.69) is 16.6 Å². The van der Waals surface area contributed by atoms with Crippen LogP contribution in [0, 0.1) is 31.1 Å². The molecule has 2 aromatic carbocycles. The number of hydrogen-bond donors (Lipinski definition) is 2. The van der Waals surface area contributed by atoms with Gasteiger partial charge in [-0.1, -0.05) is 69.5 Å². The number of carbonyl (C=O) groups excluding carboxylic acids is 3. The van der Waals surface area contributed by atoms with E-state index in [0.717, 1.165) is 12.0 Å². The van der Waals surface area contributed by atoms with E-state index in [1.54, 1.807) is 37.8 Å². The molecule has 0 spiro atoms. The monoisotopic (exact) mass is 531 g/mol. The highest BCUT2D eigenvalue weighted by atomic mass is 16.6.